The number of ether oxygens (including phenoxy) is 3. The molecule has 0 radical (unpaired) electrons. The van der Waals surface area contributed by atoms with Crippen molar-refractivity contribution in [3.8, 4) is 0 Å². The summed E-state index contributed by atoms with van der Waals surface area (Å²) in [6.45, 7) is 7.17. The van der Waals surface area contributed by atoms with Gasteiger partial charge in [-0.1, -0.05) is 0 Å². The van der Waals surface area contributed by atoms with Gasteiger partial charge in [0.2, 0.25) is 9.05 Å². The lowest BCUT2D eigenvalue weighted by atomic mass is 9.94. The molecule has 0 saturated carbocycles. The van der Waals surface area contributed by atoms with Crippen molar-refractivity contribution in [1.29, 1.82) is 0 Å². The first-order valence-corrected chi connectivity index (χ1v) is 10.6. The number of hydrogen-bond donors (Lipinski definition) is 0. The van der Waals surface area contributed by atoms with Crippen LogP contribution in [0.15, 0.2) is 0 Å². The van der Waals surface area contributed by atoms with Crippen LogP contribution in [0.4, 0.5) is 4.79 Å². The normalized spacial score (nSPS) is 29.3. The van der Waals surface area contributed by atoms with Crippen molar-refractivity contribution in [3.05, 3.63) is 0 Å². The molecule has 0 aliphatic carbocycles. The van der Waals surface area contributed by atoms with E-state index in [-0.39, 0.29) is 18.5 Å². The van der Waals surface area contributed by atoms with E-state index in [9.17, 15) is 13.2 Å². The number of nitrogens with zero attached hydrogens (tertiary/aromatic N) is 1. The van der Waals surface area contributed by atoms with Crippen LogP contribution in [0.2, 0.25) is 0 Å². The zero-order valence-corrected chi connectivity index (χ0v) is 16.0. The molecule has 0 aromatic rings. The third-order valence-electron chi connectivity index (χ3n) is 4.02. The molecule has 1 amide bonds. The Labute approximate surface area is 148 Å². The van der Waals surface area contributed by atoms with Gasteiger partial charge in [0, 0.05) is 23.8 Å². The predicted molar refractivity (Wildman–Crippen MR) is 89.7 cm³/mol. The van der Waals surface area contributed by atoms with Crippen LogP contribution in [-0.4, -0.2) is 68.8 Å². The second-order valence-electron chi connectivity index (χ2n) is 7.46. The third kappa shape index (κ3) is 6.06. The standard InChI is InChI=1S/C15H26ClNO6S/c1-14(2,3)23-13(18)17-7-4-5-15(6-8-17)11-21-9-12(22-15)10-24(16,19)20/h12H,4-11H2,1-3H3. The van der Waals surface area contributed by atoms with Crippen LogP contribution in [0.1, 0.15) is 40.0 Å². The first kappa shape index (κ1) is 19.8. The molecule has 1 spiro atoms. The van der Waals surface area contributed by atoms with Gasteiger partial charge in [-0.15, -0.1) is 0 Å². The molecule has 2 fully saturated rings. The Bertz CT molecular complexity index is 561. The van der Waals surface area contributed by atoms with Crippen molar-refractivity contribution in [3.63, 3.8) is 0 Å². The van der Waals surface area contributed by atoms with E-state index in [1.807, 2.05) is 20.8 Å². The van der Waals surface area contributed by atoms with Gasteiger partial charge in [-0.05, 0) is 40.0 Å². The van der Waals surface area contributed by atoms with Crippen molar-refractivity contribution in [1.82, 2.24) is 4.90 Å². The van der Waals surface area contributed by atoms with Gasteiger partial charge in [-0.2, -0.15) is 0 Å². The molecule has 2 unspecified atom stereocenters. The predicted octanol–water partition coefficient (Wildman–Crippen LogP) is 2.13. The SMILES string of the molecule is CC(C)(C)OC(=O)N1CCCC2(CC1)COCC(CS(=O)(=O)Cl)O2. The average Bonchev–Trinajstić information content (AvgIpc) is 2.58. The zero-order valence-electron chi connectivity index (χ0n) is 14.4. The van der Waals surface area contributed by atoms with Crippen LogP contribution in [0.5, 0.6) is 0 Å². The fourth-order valence-corrected chi connectivity index (χ4v) is 4.07. The first-order valence-electron chi connectivity index (χ1n) is 8.14. The third-order valence-corrected chi connectivity index (χ3v) is 5.17. The van der Waals surface area contributed by atoms with Crippen molar-refractivity contribution >= 4 is 25.8 Å². The molecule has 9 heteroatoms. The molecule has 2 atom stereocenters. The van der Waals surface area contributed by atoms with Gasteiger partial charge in [-0.25, -0.2) is 13.2 Å². The van der Waals surface area contributed by atoms with Gasteiger partial charge in [0.05, 0.1) is 30.7 Å². The van der Waals surface area contributed by atoms with Crippen LogP contribution in [0.3, 0.4) is 0 Å². The van der Waals surface area contributed by atoms with Crippen molar-refractivity contribution in [2.45, 2.75) is 57.3 Å². The van der Waals surface area contributed by atoms with E-state index in [1.54, 1.807) is 4.90 Å². The molecule has 0 aromatic heterocycles. The Morgan fingerprint density at radius 1 is 1.33 bits per heavy atom. The zero-order chi connectivity index (χ0) is 18.0. The summed E-state index contributed by atoms with van der Waals surface area (Å²) in [7, 11) is 1.67. The molecular weight excluding hydrogens is 358 g/mol. The highest BCUT2D eigenvalue weighted by Gasteiger charge is 2.41. The molecule has 2 rings (SSSR count). The van der Waals surface area contributed by atoms with Gasteiger partial charge in [0.15, 0.2) is 0 Å². The summed E-state index contributed by atoms with van der Waals surface area (Å²) in [4.78, 5) is 13.9. The fraction of sp³-hybridized carbons (Fsp3) is 0.933. The van der Waals surface area contributed by atoms with E-state index in [0.717, 1.165) is 6.42 Å². The molecule has 2 aliphatic rings. The lowest BCUT2D eigenvalue weighted by Gasteiger charge is -2.40. The quantitative estimate of drug-likeness (QED) is 0.679. The summed E-state index contributed by atoms with van der Waals surface area (Å²) in [6, 6.07) is 0. The Hall–Kier alpha value is -0.570. The second-order valence-corrected chi connectivity index (χ2v) is 10.3. The Balaban J connectivity index is 1.97. The van der Waals surface area contributed by atoms with Crippen LogP contribution in [0.25, 0.3) is 0 Å². The fourth-order valence-electron chi connectivity index (χ4n) is 3.04. The molecule has 24 heavy (non-hydrogen) atoms. The largest absolute Gasteiger partial charge is 0.444 e. The average molecular weight is 384 g/mol. The number of halogens is 1. The lowest BCUT2D eigenvalue weighted by molar-refractivity contribution is -0.195. The molecule has 2 saturated heterocycles. The highest BCUT2D eigenvalue weighted by molar-refractivity contribution is 8.13. The van der Waals surface area contributed by atoms with E-state index < -0.39 is 26.4 Å². The maximum absolute atomic E-state index is 12.2. The summed E-state index contributed by atoms with van der Waals surface area (Å²) in [5, 5.41) is 0. The monoisotopic (exact) mass is 383 g/mol. The molecule has 140 valence electrons. The summed E-state index contributed by atoms with van der Waals surface area (Å²) in [5.41, 5.74) is -1.10. The molecule has 0 aromatic carbocycles. The Morgan fingerprint density at radius 3 is 2.67 bits per heavy atom. The van der Waals surface area contributed by atoms with Gasteiger partial charge < -0.3 is 19.1 Å². The smallest absolute Gasteiger partial charge is 0.410 e. The van der Waals surface area contributed by atoms with E-state index in [1.165, 1.54) is 0 Å². The summed E-state index contributed by atoms with van der Waals surface area (Å²) >= 11 is 0. The minimum Gasteiger partial charge on any atom is -0.444 e. The molecule has 2 aliphatic heterocycles. The number of likely N-dealkylation sites (tertiary alicyclic amines) is 1. The Morgan fingerprint density at radius 2 is 2.04 bits per heavy atom. The number of hydrogen-bond acceptors (Lipinski definition) is 6. The van der Waals surface area contributed by atoms with Gasteiger partial charge >= 0.3 is 6.09 Å². The minimum atomic E-state index is -3.65. The van der Waals surface area contributed by atoms with E-state index in [0.29, 0.717) is 32.5 Å². The molecule has 2 heterocycles. The molecule has 7 nitrogen and oxygen atoms in total. The number of carbonyl (C=O) groups excluding carboxylic acids is 1. The summed E-state index contributed by atoms with van der Waals surface area (Å²) in [6.07, 6.45) is 1.10. The van der Waals surface area contributed by atoms with Crippen LogP contribution in [-0.2, 0) is 23.3 Å². The van der Waals surface area contributed by atoms with Crippen LogP contribution >= 0.6 is 10.7 Å². The van der Waals surface area contributed by atoms with Crippen molar-refractivity contribution in [2.24, 2.45) is 0 Å². The van der Waals surface area contributed by atoms with Crippen LogP contribution in [0, 0.1) is 0 Å². The molecule has 0 bridgehead atoms. The topological polar surface area (TPSA) is 82.1 Å². The number of carbonyl (C=O) groups is 1. The lowest BCUT2D eigenvalue weighted by Crippen LogP contribution is -2.50. The van der Waals surface area contributed by atoms with Gasteiger partial charge in [0.1, 0.15) is 5.60 Å². The number of amides is 1. The molecule has 0 N–H and O–H groups in total. The Kier molecular flexibility index (Phi) is 6.05. The van der Waals surface area contributed by atoms with Crippen molar-refractivity contribution in [2.75, 3.05) is 32.1 Å². The van der Waals surface area contributed by atoms with Crippen molar-refractivity contribution < 1.29 is 27.4 Å². The first-order chi connectivity index (χ1) is 11.0. The highest BCUT2D eigenvalue weighted by atomic mass is 35.7. The maximum Gasteiger partial charge on any atom is 0.410 e. The maximum atomic E-state index is 12.2. The summed E-state index contributed by atoms with van der Waals surface area (Å²) in [5.74, 6) is -0.272. The van der Waals surface area contributed by atoms with Crippen LogP contribution < -0.4 is 0 Å². The second kappa shape index (κ2) is 7.35. The van der Waals surface area contributed by atoms with E-state index in [2.05, 4.69) is 0 Å². The van der Waals surface area contributed by atoms with E-state index in [4.69, 9.17) is 24.9 Å². The van der Waals surface area contributed by atoms with E-state index >= 15 is 0 Å². The molecular formula is C15H26ClNO6S. The van der Waals surface area contributed by atoms with Gasteiger partial charge in [-0.3, -0.25) is 0 Å². The highest BCUT2D eigenvalue weighted by Crippen LogP contribution is 2.32. The van der Waals surface area contributed by atoms with Gasteiger partial charge in [0.25, 0.3) is 0 Å². The summed E-state index contributed by atoms with van der Waals surface area (Å²) < 4.78 is 39.6. The minimum absolute atomic E-state index is 0.212. The number of rotatable bonds is 2.